The van der Waals surface area contributed by atoms with Gasteiger partial charge in [0.05, 0.1) is 11.4 Å². The predicted molar refractivity (Wildman–Crippen MR) is 304 cm³/mol. The number of para-hydroxylation sites is 2. The molecule has 330 valence electrons. The summed E-state index contributed by atoms with van der Waals surface area (Å²) in [6, 6.07) is 91.9. The maximum absolute atomic E-state index is 3.70. The van der Waals surface area contributed by atoms with Gasteiger partial charge in [-0.25, -0.2) is 0 Å². The molecule has 0 spiro atoms. The Kier molecular flexibility index (Phi) is 9.46. The van der Waals surface area contributed by atoms with E-state index in [1.54, 1.807) is 0 Å². The number of benzene rings is 13. The topological polar surface area (TPSA) is 3.24 Å². The van der Waals surface area contributed by atoms with E-state index in [4.69, 9.17) is 0 Å². The number of nitrogens with zero attached hydrogens (tertiary/aromatic N) is 1. The molecular formula is C70H45N. The monoisotopic (exact) mass is 899 g/mol. The van der Waals surface area contributed by atoms with Crippen molar-refractivity contribution in [3.05, 3.63) is 271 Å². The molecule has 0 bridgehead atoms. The molecule has 0 amide bonds. The Labute approximate surface area is 413 Å². The van der Waals surface area contributed by atoms with E-state index in [1.165, 1.54) is 115 Å². The van der Waals surface area contributed by atoms with E-state index in [-0.39, 0.29) is 0 Å². The van der Waals surface area contributed by atoms with E-state index in [0.717, 1.165) is 28.2 Å². The maximum Gasteiger partial charge on any atom is 0.0964 e. The average Bonchev–Trinajstić information content (AvgIpc) is 3.43. The standard InChI is InChI=1S/C70H45N/c1-45-30-31-48-41-53(35-32-47(48)40-45)68-61-25-10-12-27-63(61)70(64-28-13-11-26-62(64)68)55-37-34-49-42-54(36-33-50(49)43-55)69-59-23-8-6-21-57(59)67(58-22-7-9-24-60(58)69)52-18-15-17-51(44-52)66-39-38-46-16-5-14-29-65(46)71(66)56-19-3-2-4-20-56/h2-38,40-44H,1H3. The second-order valence-electron chi connectivity index (χ2n) is 19.0. The van der Waals surface area contributed by atoms with E-state index in [1.807, 2.05) is 0 Å². The Hall–Kier alpha value is -9.26. The van der Waals surface area contributed by atoms with Gasteiger partial charge in [0, 0.05) is 16.8 Å². The number of rotatable bonds is 6. The van der Waals surface area contributed by atoms with Crippen molar-refractivity contribution in [2.24, 2.45) is 0 Å². The van der Waals surface area contributed by atoms with Crippen molar-refractivity contribution in [3.63, 3.8) is 0 Å². The van der Waals surface area contributed by atoms with E-state index in [9.17, 15) is 0 Å². The Morgan fingerprint density at radius 3 is 1.15 bits per heavy atom. The van der Waals surface area contributed by atoms with E-state index in [2.05, 4.69) is 272 Å². The van der Waals surface area contributed by atoms with Gasteiger partial charge in [-0.3, -0.25) is 0 Å². The lowest BCUT2D eigenvalue weighted by molar-refractivity contribution is 1.28. The van der Waals surface area contributed by atoms with E-state index < -0.39 is 0 Å². The molecule has 0 radical (unpaired) electrons. The van der Waals surface area contributed by atoms with E-state index in [0.29, 0.717) is 0 Å². The first kappa shape index (κ1) is 40.8. The van der Waals surface area contributed by atoms with Crippen molar-refractivity contribution in [2.45, 2.75) is 6.92 Å². The highest BCUT2D eigenvalue weighted by Crippen LogP contribution is 2.48. The Balaban J connectivity index is 0.896. The Morgan fingerprint density at radius 2 is 0.676 bits per heavy atom. The molecule has 0 saturated carbocycles. The van der Waals surface area contributed by atoms with Gasteiger partial charge < -0.3 is 4.90 Å². The lowest BCUT2D eigenvalue weighted by Gasteiger charge is -2.30. The minimum atomic E-state index is 1.02. The van der Waals surface area contributed by atoms with Crippen molar-refractivity contribution in [1.82, 2.24) is 0 Å². The van der Waals surface area contributed by atoms with Crippen molar-refractivity contribution >= 4 is 87.8 Å². The lowest BCUT2D eigenvalue weighted by atomic mass is 9.84. The highest BCUT2D eigenvalue weighted by Gasteiger charge is 2.23. The van der Waals surface area contributed by atoms with Crippen LogP contribution in [0.3, 0.4) is 0 Å². The number of hydrogen-bond donors (Lipinski definition) is 0. The summed E-state index contributed by atoms with van der Waals surface area (Å²) >= 11 is 0. The molecule has 1 aliphatic heterocycles. The SMILES string of the molecule is Cc1ccc2cc(-c3c4ccccc4c(-c4ccc5cc(-c6c7ccccc7c(-c7cccc(C8=C=Cc9ccccc9N8c8ccccc8)c7)c7ccccc67)ccc5c4)c4ccccc34)ccc2c1. The van der Waals surface area contributed by atoms with Gasteiger partial charge in [-0.05, 0) is 165 Å². The van der Waals surface area contributed by atoms with Crippen LogP contribution in [0.2, 0.25) is 0 Å². The molecule has 0 fully saturated rings. The second-order valence-corrected chi connectivity index (χ2v) is 19.0. The molecule has 0 saturated heterocycles. The van der Waals surface area contributed by atoms with Gasteiger partial charge in [0.2, 0.25) is 0 Å². The molecule has 0 aliphatic carbocycles. The fourth-order valence-corrected chi connectivity index (χ4v) is 11.6. The smallest absolute Gasteiger partial charge is 0.0964 e. The van der Waals surface area contributed by atoms with E-state index >= 15 is 0 Å². The fraction of sp³-hybridized carbons (Fsp3) is 0.0143. The van der Waals surface area contributed by atoms with Crippen LogP contribution >= 0.6 is 0 Å². The minimum Gasteiger partial charge on any atom is -0.303 e. The molecule has 1 aliphatic rings. The van der Waals surface area contributed by atoms with Crippen LogP contribution in [0.25, 0.3) is 121 Å². The summed E-state index contributed by atoms with van der Waals surface area (Å²) in [5, 5.41) is 14.9. The zero-order valence-corrected chi connectivity index (χ0v) is 39.2. The second kappa shape index (κ2) is 16.5. The maximum atomic E-state index is 3.70. The molecule has 1 heteroatoms. The molecule has 71 heavy (non-hydrogen) atoms. The van der Waals surface area contributed by atoms with Gasteiger partial charge in [0.15, 0.2) is 0 Å². The van der Waals surface area contributed by atoms with Crippen LogP contribution in [-0.4, -0.2) is 0 Å². The molecule has 0 aromatic heterocycles. The molecule has 0 unspecified atom stereocenters. The molecule has 1 nitrogen and oxygen atoms in total. The van der Waals surface area contributed by atoms with Crippen molar-refractivity contribution < 1.29 is 0 Å². The molecule has 14 rings (SSSR count). The third kappa shape index (κ3) is 6.71. The highest BCUT2D eigenvalue weighted by atomic mass is 15.2. The van der Waals surface area contributed by atoms with Crippen LogP contribution in [0, 0.1) is 6.92 Å². The quantitative estimate of drug-likeness (QED) is 0.119. The van der Waals surface area contributed by atoms with Gasteiger partial charge in [-0.1, -0.05) is 218 Å². The molecule has 0 atom stereocenters. The molecule has 13 aromatic rings. The van der Waals surface area contributed by atoms with Crippen LogP contribution in [0.5, 0.6) is 0 Å². The largest absolute Gasteiger partial charge is 0.303 e. The fourth-order valence-electron chi connectivity index (χ4n) is 11.6. The van der Waals surface area contributed by atoms with Crippen molar-refractivity contribution in [1.29, 1.82) is 0 Å². The first-order valence-corrected chi connectivity index (χ1v) is 24.6. The summed E-state index contributed by atoms with van der Waals surface area (Å²) in [5.41, 5.74) is 20.4. The first-order chi connectivity index (χ1) is 35.1. The van der Waals surface area contributed by atoms with Crippen LogP contribution < -0.4 is 4.90 Å². The minimum absolute atomic E-state index is 1.02. The summed E-state index contributed by atoms with van der Waals surface area (Å²) < 4.78 is 0. The predicted octanol–water partition coefficient (Wildman–Crippen LogP) is 19.4. The summed E-state index contributed by atoms with van der Waals surface area (Å²) in [7, 11) is 0. The molecule has 0 N–H and O–H groups in total. The first-order valence-electron chi connectivity index (χ1n) is 24.6. The average molecular weight is 900 g/mol. The summed E-state index contributed by atoms with van der Waals surface area (Å²) in [5.74, 6) is 0. The molecular weight excluding hydrogens is 855 g/mol. The number of anilines is 2. The number of aryl methyl sites for hydroxylation is 1. The van der Waals surface area contributed by atoms with Crippen LogP contribution in [0.4, 0.5) is 11.4 Å². The summed E-state index contributed by atoms with van der Waals surface area (Å²) in [4.78, 5) is 2.34. The Bertz CT molecular complexity index is 4280. The normalized spacial score (nSPS) is 12.4. The van der Waals surface area contributed by atoms with Crippen LogP contribution in [-0.2, 0) is 0 Å². The highest BCUT2D eigenvalue weighted by molar-refractivity contribution is 6.24. The van der Waals surface area contributed by atoms with Gasteiger partial charge in [-0.15, -0.1) is 0 Å². The number of fused-ring (bicyclic) bond motifs is 7. The zero-order chi connectivity index (χ0) is 47.0. The van der Waals surface area contributed by atoms with Gasteiger partial charge in [-0.2, -0.15) is 0 Å². The van der Waals surface area contributed by atoms with Crippen molar-refractivity contribution in [2.75, 3.05) is 4.90 Å². The van der Waals surface area contributed by atoms with Crippen molar-refractivity contribution in [3.8, 4) is 44.5 Å². The van der Waals surface area contributed by atoms with Gasteiger partial charge in [0.1, 0.15) is 0 Å². The lowest BCUT2D eigenvalue weighted by Crippen LogP contribution is -2.17. The summed E-state index contributed by atoms with van der Waals surface area (Å²) in [6.45, 7) is 2.16. The third-order valence-corrected chi connectivity index (χ3v) is 14.8. The van der Waals surface area contributed by atoms with Crippen LogP contribution in [0.15, 0.2) is 254 Å². The molecule has 13 aromatic carbocycles. The third-order valence-electron chi connectivity index (χ3n) is 14.8. The van der Waals surface area contributed by atoms with Gasteiger partial charge >= 0.3 is 0 Å². The Morgan fingerprint density at radius 1 is 0.296 bits per heavy atom. The summed E-state index contributed by atoms with van der Waals surface area (Å²) in [6.07, 6.45) is 2.12. The van der Waals surface area contributed by atoms with Gasteiger partial charge in [0.25, 0.3) is 0 Å². The number of hydrogen-bond acceptors (Lipinski definition) is 1. The molecule has 1 heterocycles. The zero-order valence-electron chi connectivity index (χ0n) is 39.2. The van der Waals surface area contributed by atoms with Crippen LogP contribution in [0.1, 0.15) is 16.7 Å².